The van der Waals surface area contributed by atoms with Crippen LogP contribution in [0.4, 0.5) is 0 Å². The van der Waals surface area contributed by atoms with Gasteiger partial charge in [0.25, 0.3) is 5.91 Å². The van der Waals surface area contributed by atoms with Gasteiger partial charge in [0.2, 0.25) is 0 Å². The molecule has 0 radical (unpaired) electrons. The number of aromatic nitrogens is 2. The van der Waals surface area contributed by atoms with Gasteiger partial charge in [-0.15, -0.1) is 0 Å². The molecule has 1 aromatic carbocycles. The van der Waals surface area contributed by atoms with E-state index in [1.807, 2.05) is 0 Å². The Labute approximate surface area is 153 Å². The molecule has 0 saturated carbocycles. The summed E-state index contributed by atoms with van der Waals surface area (Å²) in [6.45, 7) is 1.86. The van der Waals surface area contributed by atoms with Crippen LogP contribution in [0.1, 0.15) is 29.6 Å². The molecule has 2 fully saturated rings. The molecule has 138 valence electrons. The number of nitrogens with one attached hydrogen (secondary N) is 4. The van der Waals surface area contributed by atoms with Crippen molar-refractivity contribution in [2.24, 2.45) is 5.41 Å². The van der Waals surface area contributed by atoms with Gasteiger partial charge in [-0.3, -0.25) is 9.59 Å². The summed E-state index contributed by atoms with van der Waals surface area (Å²) in [5.74, 6) is -0.495. The van der Waals surface area contributed by atoms with Crippen molar-refractivity contribution in [3.63, 3.8) is 0 Å². The first-order chi connectivity index (χ1) is 12.5. The number of carbonyl (C=O) groups excluding carboxylic acids is 2. The van der Waals surface area contributed by atoms with E-state index in [1.165, 1.54) is 6.07 Å². The number of ether oxygens (including phenoxy) is 1. The second-order valence-electron chi connectivity index (χ2n) is 6.93. The van der Waals surface area contributed by atoms with Crippen molar-refractivity contribution < 1.29 is 14.3 Å². The van der Waals surface area contributed by atoms with E-state index in [-0.39, 0.29) is 35.2 Å². The molecule has 1 amide bonds. The summed E-state index contributed by atoms with van der Waals surface area (Å²) in [7, 11) is 0. The smallest absolute Gasteiger partial charge is 0.323 e. The zero-order valence-electron chi connectivity index (χ0n) is 14.0. The van der Waals surface area contributed by atoms with Crippen LogP contribution >= 0.6 is 11.6 Å². The Morgan fingerprint density at radius 2 is 2.04 bits per heavy atom. The monoisotopic (exact) mass is 378 g/mol. The number of piperidine rings is 1. The Morgan fingerprint density at radius 1 is 1.27 bits per heavy atom. The Hall–Kier alpha value is -2.32. The topological polar surface area (TPSA) is 116 Å². The van der Waals surface area contributed by atoms with Gasteiger partial charge in [-0.25, -0.2) is 4.79 Å². The highest BCUT2D eigenvalue weighted by Gasteiger charge is 2.49. The van der Waals surface area contributed by atoms with E-state index >= 15 is 0 Å². The Balaban J connectivity index is 1.43. The van der Waals surface area contributed by atoms with E-state index in [1.54, 1.807) is 6.07 Å². The minimum atomic E-state index is -0.409. The van der Waals surface area contributed by atoms with Crippen molar-refractivity contribution in [1.29, 1.82) is 0 Å². The molecule has 1 spiro atoms. The highest BCUT2D eigenvalue weighted by Crippen LogP contribution is 2.41. The van der Waals surface area contributed by atoms with Crippen molar-refractivity contribution in [1.82, 2.24) is 20.6 Å². The van der Waals surface area contributed by atoms with Crippen LogP contribution in [0, 0.1) is 5.41 Å². The number of imidazole rings is 1. The van der Waals surface area contributed by atoms with Crippen molar-refractivity contribution in [2.45, 2.75) is 25.4 Å². The van der Waals surface area contributed by atoms with Gasteiger partial charge in [-0.2, -0.15) is 0 Å². The Kier molecular flexibility index (Phi) is 4.24. The molecule has 0 bridgehead atoms. The van der Waals surface area contributed by atoms with Gasteiger partial charge in [-0.1, -0.05) is 11.6 Å². The fraction of sp³-hybridized carbons (Fsp3) is 0.471. The number of carbonyl (C=O) groups is 2. The summed E-state index contributed by atoms with van der Waals surface area (Å²) in [6, 6.07) is 3.06. The van der Waals surface area contributed by atoms with Gasteiger partial charge in [0.1, 0.15) is 6.10 Å². The number of aromatic amines is 2. The third-order valence-corrected chi connectivity index (χ3v) is 5.51. The lowest BCUT2D eigenvalue weighted by Gasteiger charge is -2.29. The van der Waals surface area contributed by atoms with Gasteiger partial charge in [-0.05, 0) is 38.1 Å². The fourth-order valence-corrected chi connectivity index (χ4v) is 4.07. The molecule has 2 aliphatic rings. The van der Waals surface area contributed by atoms with E-state index in [9.17, 15) is 14.4 Å². The highest BCUT2D eigenvalue weighted by atomic mass is 35.5. The van der Waals surface area contributed by atoms with Gasteiger partial charge in [0.15, 0.2) is 0 Å². The van der Waals surface area contributed by atoms with Crippen LogP contribution in [0.3, 0.4) is 0 Å². The summed E-state index contributed by atoms with van der Waals surface area (Å²) in [4.78, 5) is 41.2. The van der Waals surface area contributed by atoms with Gasteiger partial charge in [0.05, 0.1) is 28.0 Å². The molecule has 1 aromatic heterocycles. The predicted octanol–water partition coefficient (Wildman–Crippen LogP) is 0.925. The third kappa shape index (κ3) is 2.99. The first-order valence-electron chi connectivity index (χ1n) is 8.58. The van der Waals surface area contributed by atoms with Crippen LogP contribution < -0.4 is 16.3 Å². The lowest BCUT2D eigenvalue weighted by atomic mass is 9.76. The molecule has 1 atom stereocenters. The third-order valence-electron chi connectivity index (χ3n) is 5.22. The Bertz CT molecular complexity index is 928. The van der Waals surface area contributed by atoms with Crippen LogP contribution in [0.25, 0.3) is 11.0 Å². The molecule has 2 aliphatic heterocycles. The number of halogens is 1. The number of rotatable bonds is 3. The lowest BCUT2D eigenvalue weighted by molar-refractivity contribution is -0.149. The van der Waals surface area contributed by atoms with Crippen LogP contribution in [-0.4, -0.2) is 47.6 Å². The Morgan fingerprint density at radius 3 is 2.81 bits per heavy atom. The zero-order chi connectivity index (χ0) is 18.3. The van der Waals surface area contributed by atoms with E-state index in [0.717, 1.165) is 25.9 Å². The predicted molar refractivity (Wildman–Crippen MR) is 95.3 cm³/mol. The number of esters is 1. The number of H-pyrrole nitrogens is 2. The first kappa shape index (κ1) is 17.1. The average molecular weight is 379 g/mol. The number of cyclic esters (lactones) is 1. The molecule has 2 aromatic rings. The molecule has 3 heterocycles. The van der Waals surface area contributed by atoms with Crippen LogP contribution in [-0.2, 0) is 9.53 Å². The number of hydrogen-bond donors (Lipinski definition) is 4. The normalized spacial score (nSPS) is 21.9. The average Bonchev–Trinajstić information content (AvgIpc) is 3.14. The molecular formula is C17H19ClN4O4. The van der Waals surface area contributed by atoms with Gasteiger partial charge in [0, 0.05) is 12.0 Å². The standard InChI is InChI=1S/C17H19ClN4O4/c18-11-5-9(6-12-13(11)22-16(25)21-12)14(23)20-8-10-7-17(15(24)26-10)1-3-19-4-2-17/h5-6,10,19H,1-4,7-8H2,(H,20,23)(H2,21,22,25). The van der Waals surface area contributed by atoms with Crippen molar-refractivity contribution in [2.75, 3.05) is 19.6 Å². The van der Waals surface area contributed by atoms with Gasteiger partial charge >= 0.3 is 11.7 Å². The first-order valence-corrected chi connectivity index (χ1v) is 8.96. The fourth-order valence-electron chi connectivity index (χ4n) is 3.80. The summed E-state index contributed by atoms with van der Waals surface area (Å²) >= 11 is 6.12. The molecule has 4 N–H and O–H groups in total. The van der Waals surface area contributed by atoms with Crippen molar-refractivity contribution in [3.8, 4) is 0 Å². The second kappa shape index (κ2) is 6.44. The SMILES string of the molecule is O=C(NCC1CC2(CCNCC2)C(=O)O1)c1cc(Cl)c2[nH]c(=O)[nH]c2c1. The maximum Gasteiger partial charge on any atom is 0.323 e. The molecule has 26 heavy (non-hydrogen) atoms. The molecule has 2 saturated heterocycles. The maximum absolute atomic E-state index is 12.4. The molecule has 1 unspecified atom stereocenters. The lowest BCUT2D eigenvalue weighted by Crippen LogP contribution is -2.39. The zero-order valence-corrected chi connectivity index (χ0v) is 14.7. The number of benzene rings is 1. The summed E-state index contributed by atoms with van der Waals surface area (Å²) in [5.41, 5.74) is 0.468. The minimum Gasteiger partial charge on any atom is -0.460 e. The quantitative estimate of drug-likeness (QED) is 0.593. The van der Waals surface area contributed by atoms with Gasteiger partial charge < -0.3 is 25.3 Å². The highest BCUT2D eigenvalue weighted by molar-refractivity contribution is 6.35. The summed E-state index contributed by atoms with van der Waals surface area (Å²) in [6.07, 6.45) is 1.83. The van der Waals surface area contributed by atoms with Crippen LogP contribution in [0.2, 0.25) is 5.02 Å². The van der Waals surface area contributed by atoms with Crippen LogP contribution in [0.15, 0.2) is 16.9 Å². The molecule has 8 nitrogen and oxygen atoms in total. The largest absolute Gasteiger partial charge is 0.460 e. The van der Waals surface area contributed by atoms with E-state index in [0.29, 0.717) is 23.0 Å². The summed E-state index contributed by atoms with van der Waals surface area (Å²) < 4.78 is 5.48. The van der Waals surface area contributed by atoms with E-state index < -0.39 is 5.41 Å². The van der Waals surface area contributed by atoms with E-state index in [4.69, 9.17) is 16.3 Å². The molecule has 0 aliphatic carbocycles. The summed E-state index contributed by atoms with van der Waals surface area (Å²) in [5, 5.41) is 6.32. The molecular weight excluding hydrogens is 360 g/mol. The minimum absolute atomic E-state index is 0.160. The van der Waals surface area contributed by atoms with E-state index in [2.05, 4.69) is 20.6 Å². The number of fused-ring (bicyclic) bond motifs is 1. The van der Waals surface area contributed by atoms with Crippen molar-refractivity contribution in [3.05, 3.63) is 33.2 Å². The maximum atomic E-state index is 12.4. The second-order valence-corrected chi connectivity index (χ2v) is 7.34. The molecule has 4 rings (SSSR count). The van der Waals surface area contributed by atoms with Crippen molar-refractivity contribution >= 4 is 34.5 Å². The number of hydrogen-bond acceptors (Lipinski definition) is 5. The number of amides is 1. The molecule has 9 heteroatoms. The van der Waals surface area contributed by atoms with Crippen LogP contribution in [0.5, 0.6) is 0 Å².